The maximum atomic E-state index is 5.34. The van der Waals surface area contributed by atoms with Crippen molar-refractivity contribution in [1.82, 2.24) is 15.2 Å². The van der Waals surface area contributed by atoms with Crippen LogP contribution in [0.4, 0.5) is 5.95 Å². The molecule has 5 nitrogen and oxygen atoms in total. The number of H-pyrrole nitrogens is 1. The van der Waals surface area contributed by atoms with Crippen LogP contribution in [0.1, 0.15) is 11.1 Å². The van der Waals surface area contributed by atoms with Gasteiger partial charge in [-0.15, -0.1) is 5.10 Å². The van der Waals surface area contributed by atoms with Crippen LogP contribution in [0, 0.1) is 13.8 Å². The van der Waals surface area contributed by atoms with Gasteiger partial charge in [0.2, 0.25) is 5.95 Å². The Labute approximate surface area is 112 Å². The summed E-state index contributed by atoms with van der Waals surface area (Å²) < 4.78 is 5.34. The number of nitrogens with zero attached hydrogens (tertiary/aromatic N) is 3. The van der Waals surface area contributed by atoms with E-state index in [4.69, 9.17) is 4.74 Å². The first kappa shape index (κ1) is 12.2. The second-order valence-corrected chi connectivity index (χ2v) is 4.96. The standard InChI is InChI=1S/C14H18N4O/c1-10-7-11(2)9-12(8-10)13-15-14(17-16-13)18-3-5-19-6-4-18/h7-9H,3-6H2,1-2H3,(H,15,16,17). The Hall–Kier alpha value is -1.88. The molecule has 1 aliphatic heterocycles. The zero-order valence-electron chi connectivity index (χ0n) is 11.3. The number of ether oxygens (including phenoxy) is 1. The maximum absolute atomic E-state index is 5.34. The lowest BCUT2D eigenvalue weighted by Crippen LogP contribution is -2.36. The van der Waals surface area contributed by atoms with Crippen LogP contribution in [0.15, 0.2) is 18.2 Å². The maximum Gasteiger partial charge on any atom is 0.245 e. The van der Waals surface area contributed by atoms with Crippen LogP contribution in [0.5, 0.6) is 0 Å². The van der Waals surface area contributed by atoms with Crippen molar-refractivity contribution in [3.63, 3.8) is 0 Å². The van der Waals surface area contributed by atoms with Gasteiger partial charge in [0.15, 0.2) is 5.82 Å². The lowest BCUT2D eigenvalue weighted by Gasteiger charge is -2.25. The molecule has 0 aliphatic carbocycles. The Morgan fingerprint density at radius 1 is 1.11 bits per heavy atom. The molecule has 1 aromatic heterocycles. The minimum absolute atomic E-state index is 0.743. The molecule has 0 amide bonds. The highest BCUT2D eigenvalue weighted by atomic mass is 16.5. The van der Waals surface area contributed by atoms with Gasteiger partial charge in [-0.05, 0) is 26.0 Å². The smallest absolute Gasteiger partial charge is 0.245 e. The highest BCUT2D eigenvalue weighted by molar-refractivity contribution is 5.58. The number of hydrogen-bond acceptors (Lipinski definition) is 4. The van der Waals surface area contributed by atoms with E-state index in [1.165, 1.54) is 11.1 Å². The lowest BCUT2D eigenvalue weighted by molar-refractivity contribution is 0.122. The Bertz CT molecular complexity index is 552. The molecule has 5 heteroatoms. The summed E-state index contributed by atoms with van der Waals surface area (Å²) in [6.45, 7) is 7.38. The fraction of sp³-hybridized carbons (Fsp3) is 0.429. The third-order valence-corrected chi connectivity index (χ3v) is 3.26. The van der Waals surface area contributed by atoms with Gasteiger partial charge in [0, 0.05) is 18.7 Å². The molecule has 0 radical (unpaired) electrons. The van der Waals surface area contributed by atoms with Gasteiger partial charge in [0.05, 0.1) is 13.2 Å². The van der Waals surface area contributed by atoms with Crippen LogP contribution in [-0.4, -0.2) is 41.5 Å². The number of aromatic amines is 1. The van der Waals surface area contributed by atoms with Crippen LogP contribution < -0.4 is 4.90 Å². The van der Waals surface area contributed by atoms with Crippen LogP contribution in [0.3, 0.4) is 0 Å². The van der Waals surface area contributed by atoms with E-state index in [9.17, 15) is 0 Å². The summed E-state index contributed by atoms with van der Waals surface area (Å²) in [5.74, 6) is 1.59. The highest BCUT2D eigenvalue weighted by Gasteiger charge is 2.16. The third-order valence-electron chi connectivity index (χ3n) is 3.26. The average molecular weight is 258 g/mol. The molecule has 2 heterocycles. The normalized spacial score (nSPS) is 15.8. The molecule has 0 unspecified atom stereocenters. The summed E-state index contributed by atoms with van der Waals surface area (Å²) in [4.78, 5) is 6.74. The number of anilines is 1. The van der Waals surface area contributed by atoms with Crippen molar-refractivity contribution in [3.05, 3.63) is 29.3 Å². The number of benzene rings is 1. The first-order valence-corrected chi connectivity index (χ1v) is 6.56. The second-order valence-electron chi connectivity index (χ2n) is 4.96. The van der Waals surface area contributed by atoms with Crippen LogP contribution in [0.25, 0.3) is 11.4 Å². The molecule has 0 saturated carbocycles. The molecule has 19 heavy (non-hydrogen) atoms. The first-order valence-electron chi connectivity index (χ1n) is 6.56. The van der Waals surface area contributed by atoms with Crippen molar-refractivity contribution in [1.29, 1.82) is 0 Å². The molecular weight excluding hydrogens is 240 g/mol. The predicted molar refractivity (Wildman–Crippen MR) is 74.3 cm³/mol. The molecule has 0 spiro atoms. The summed E-state index contributed by atoms with van der Waals surface area (Å²) in [7, 11) is 0. The molecular formula is C14H18N4O. The van der Waals surface area contributed by atoms with E-state index >= 15 is 0 Å². The summed E-state index contributed by atoms with van der Waals surface area (Å²) in [5, 5.41) is 7.34. The van der Waals surface area contributed by atoms with Crippen molar-refractivity contribution in [3.8, 4) is 11.4 Å². The predicted octanol–water partition coefficient (Wildman–Crippen LogP) is 1.93. The van der Waals surface area contributed by atoms with Crippen molar-refractivity contribution >= 4 is 5.95 Å². The minimum atomic E-state index is 0.743. The van der Waals surface area contributed by atoms with Gasteiger partial charge in [-0.25, -0.2) is 0 Å². The van der Waals surface area contributed by atoms with E-state index in [2.05, 4.69) is 52.1 Å². The molecule has 1 aliphatic rings. The monoisotopic (exact) mass is 258 g/mol. The SMILES string of the molecule is Cc1cc(C)cc(-c2nc(N3CCOCC3)n[nH]2)c1. The van der Waals surface area contributed by atoms with E-state index < -0.39 is 0 Å². The summed E-state index contributed by atoms with van der Waals surface area (Å²) >= 11 is 0. The topological polar surface area (TPSA) is 54.0 Å². The van der Waals surface area contributed by atoms with Gasteiger partial charge in [-0.2, -0.15) is 4.98 Å². The molecule has 0 atom stereocenters. The Balaban J connectivity index is 1.87. The van der Waals surface area contributed by atoms with Gasteiger partial charge >= 0.3 is 0 Å². The third kappa shape index (κ3) is 2.61. The second kappa shape index (κ2) is 5.01. The Kier molecular flexibility index (Phi) is 3.21. The zero-order chi connectivity index (χ0) is 13.2. The quantitative estimate of drug-likeness (QED) is 0.894. The molecule has 3 rings (SSSR count). The van der Waals surface area contributed by atoms with Crippen LogP contribution in [0.2, 0.25) is 0 Å². The molecule has 2 aromatic rings. The molecule has 1 fully saturated rings. The molecule has 1 saturated heterocycles. The fourth-order valence-corrected chi connectivity index (χ4v) is 2.40. The number of morpholine rings is 1. The molecule has 0 bridgehead atoms. The Morgan fingerprint density at radius 3 is 2.47 bits per heavy atom. The van der Waals surface area contributed by atoms with Gasteiger partial charge in [0.25, 0.3) is 0 Å². The first-order chi connectivity index (χ1) is 9.22. The van der Waals surface area contributed by atoms with E-state index in [1.807, 2.05) is 0 Å². The van der Waals surface area contributed by atoms with Gasteiger partial charge in [0.1, 0.15) is 0 Å². The summed E-state index contributed by atoms with van der Waals surface area (Å²) in [6.07, 6.45) is 0. The summed E-state index contributed by atoms with van der Waals surface area (Å²) in [5.41, 5.74) is 3.56. The number of hydrogen-bond donors (Lipinski definition) is 1. The minimum Gasteiger partial charge on any atom is -0.378 e. The van der Waals surface area contributed by atoms with Crippen molar-refractivity contribution in [2.24, 2.45) is 0 Å². The van der Waals surface area contributed by atoms with E-state index in [-0.39, 0.29) is 0 Å². The van der Waals surface area contributed by atoms with E-state index in [0.29, 0.717) is 0 Å². The highest BCUT2D eigenvalue weighted by Crippen LogP contribution is 2.20. The molecule has 1 aromatic carbocycles. The lowest BCUT2D eigenvalue weighted by atomic mass is 10.1. The fourth-order valence-electron chi connectivity index (χ4n) is 2.40. The average Bonchev–Trinajstić information content (AvgIpc) is 2.88. The molecule has 100 valence electrons. The van der Waals surface area contributed by atoms with Crippen molar-refractivity contribution < 1.29 is 4.74 Å². The largest absolute Gasteiger partial charge is 0.378 e. The van der Waals surface area contributed by atoms with Crippen molar-refractivity contribution in [2.45, 2.75) is 13.8 Å². The van der Waals surface area contributed by atoms with Crippen LogP contribution >= 0.6 is 0 Å². The van der Waals surface area contributed by atoms with Crippen molar-refractivity contribution in [2.75, 3.05) is 31.2 Å². The zero-order valence-corrected chi connectivity index (χ0v) is 11.3. The number of aromatic nitrogens is 3. The number of aryl methyl sites for hydroxylation is 2. The number of rotatable bonds is 2. The Morgan fingerprint density at radius 2 is 1.79 bits per heavy atom. The van der Waals surface area contributed by atoms with Crippen LogP contribution in [-0.2, 0) is 4.74 Å². The summed E-state index contributed by atoms with van der Waals surface area (Å²) in [6, 6.07) is 6.40. The van der Waals surface area contributed by atoms with Gasteiger partial charge < -0.3 is 9.64 Å². The van der Waals surface area contributed by atoms with E-state index in [0.717, 1.165) is 43.6 Å². The van der Waals surface area contributed by atoms with Gasteiger partial charge in [-0.3, -0.25) is 5.10 Å². The van der Waals surface area contributed by atoms with E-state index in [1.54, 1.807) is 0 Å². The van der Waals surface area contributed by atoms with Gasteiger partial charge in [-0.1, -0.05) is 17.2 Å². The molecule has 1 N–H and O–H groups in total. The number of nitrogens with one attached hydrogen (secondary N) is 1.